The van der Waals surface area contributed by atoms with Crippen molar-refractivity contribution in [2.45, 2.75) is 64.8 Å². The standard InChI is InChI=1S/C17H30N4O.HI/c1-3-15-12-16(22-21-15)13-20-17(18-2)19-11-7-10-14-8-5-4-6-9-14;/h12,14H,3-11,13H2,1-2H3,(H2,18,19,20);1H. The van der Waals surface area contributed by atoms with E-state index in [2.05, 4.69) is 27.7 Å². The lowest BCUT2D eigenvalue weighted by molar-refractivity contribution is 0.332. The van der Waals surface area contributed by atoms with Gasteiger partial charge in [0.1, 0.15) is 0 Å². The molecule has 0 aromatic carbocycles. The van der Waals surface area contributed by atoms with E-state index in [4.69, 9.17) is 4.52 Å². The summed E-state index contributed by atoms with van der Waals surface area (Å²) in [5, 5.41) is 10.6. The van der Waals surface area contributed by atoms with Crippen LogP contribution in [0.15, 0.2) is 15.6 Å². The van der Waals surface area contributed by atoms with Crippen molar-refractivity contribution < 1.29 is 4.52 Å². The van der Waals surface area contributed by atoms with Crippen molar-refractivity contribution in [1.82, 2.24) is 15.8 Å². The van der Waals surface area contributed by atoms with Gasteiger partial charge in [-0.15, -0.1) is 24.0 Å². The fourth-order valence-electron chi connectivity index (χ4n) is 3.07. The molecule has 0 unspecified atom stereocenters. The molecule has 0 aliphatic heterocycles. The van der Waals surface area contributed by atoms with Gasteiger partial charge >= 0.3 is 0 Å². The number of aliphatic imine (C=N–C) groups is 1. The van der Waals surface area contributed by atoms with Crippen LogP contribution in [0.3, 0.4) is 0 Å². The summed E-state index contributed by atoms with van der Waals surface area (Å²) in [6.07, 6.45) is 10.6. The summed E-state index contributed by atoms with van der Waals surface area (Å²) >= 11 is 0. The van der Waals surface area contributed by atoms with E-state index in [9.17, 15) is 0 Å². The lowest BCUT2D eigenvalue weighted by atomic mass is 9.86. The normalized spacial score (nSPS) is 16.0. The van der Waals surface area contributed by atoms with Gasteiger partial charge in [0.2, 0.25) is 0 Å². The number of hydrogen-bond donors (Lipinski definition) is 2. The van der Waals surface area contributed by atoms with E-state index in [0.29, 0.717) is 6.54 Å². The molecule has 0 saturated heterocycles. The summed E-state index contributed by atoms with van der Waals surface area (Å²) in [7, 11) is 1.80. The highest BCUT2D eigenvalue weighted by molar-refractivity contribution is 14.0. The maximum Gasteiger partial charge on any atom is 0.191 e. The highest BCUT2D eigenvalue weighted by Crippen LogP contribution is 2.26. The minimum Gasteiger partial charge on any atom is -0.359 e. The first-order valence-electron chi connectivity index (χ1n) is 8.70. The Labute approximate surface area is 157 Å². The maximum atomic E-state index is 5.26. The largest absolute Gasteiger partial charge is 0.359 e. The predicted molar refractivity (Wildman–Crippen MR) is 105 cm³/mol. The van der Waals surface area contributed by atoms with Crippen LogP contribution >= 0.6 is 24.0 Å². The van der Waals surface area contributed by atoms with Gasteiger partial charge in [-0.3, -0.25) is 4.99 Å². The molecule has 2 rings (SSSR count). The lowest BCUT2D eigenvalue weighted by Crippen LogP contribution is -2.37. The van der Waals surface area contributed by atoms with Gasteiger partial charge in [-0.2, -0.15) is 0 Å². The molecule has 132 valence electrons. The molecular formula is C17H31IN4O. The van der Waals surface area contributed by atoms with E-state index in [0.717, 1.165) is 36.3 Å². The number of rotatable bonds is 7. The highest BCUT2D eigenvalue weighted by Gasteiger charge is 2.12. The molecule has 0 amide bonds. The van der Waals surface area contributed by atoms with Crippen LogP contribution in [0.5, 0.6) is 0 Å². The molecule has 5 nitrogen and oxygen atoms in total. The van der Waals surface area contributed by atoms with Crippen LogP contribution in [-0.4, -0.2) is 24.7 Å². The Kier molecular flexibility index (Phi) is 10.3. The van der Waals surface area contributed by atoms with Crippen LogP contribution < -0.4 is 10.6 Å². The van der Waals surface area contributed by atoms with Crippen molar-refractivity contribution >= 4 is 29.9 Å². The van der Waals surface area contributed by atoms with Crippen LogP contribution in [-0.2, 0) is 13.0 Å². The zero-order valence-electron chi connectivity index (χ0n) is 14.4. The summed E-state index contributed by atoms with van der Waals surface area (Å²) < 4.78 is 5.26. The van der Waals surface area contributed by atoms with Gasteiger partial charge in [-0.1, -0.05) is 44.2 Å². The van der Waals surface area contributed by atoms with Crippen LogP contribution in [0, 0.1) is 5.92 Å². The van der Waals surface area contributed by atoms with Gasteiger partial charge in [0.05, 0.1) is 12.2 Å². The molecule has 0 radical (unpaired) electrons. The average Bonchev–Trinajstić information content (AvgIpc) is 3.03. The Morgan fingerprint density at radius 1 is 1.30 bits per heavy atom. The summed E-state index contributed by atoms with van der Waals surface area (Å²) in [6, 6.07) is 1.99. The first-order chi connectivity index (χ1) is 10.8. The Bertz CT molecular complexity index is 455. The van der Waals surface area contributed by atoms with Crippen LogP contribution in [0.25, 0.3) is 0 Å². The van der Waals surface area contributed by atoms with Crippen molar-refractivity contribution in [3.63, 3.8) is 0 Å². The van der Waals surface area contributed by atoms with Crippen molar-refractivity contribution in [1.29, 1.82) is 0 Å². The van der Waals surface area contributed by atoms with E-state index < -0.39 is 0 Å². The van der Waals surface area contributed by atoms with Crippen molar-refractivity contribution in [2.24, 2.45) is 10.9 Å². The maximum absolute atomic E-state index is 5.26. The molecule has 1 aliphatic carbocycles. The van der Waals surface area contributed by atoms with Crippen LogP contribution in [0.2, 0.25) is 0 Å². The van der Waals surface area contributed by atoms with Gasteiger partial charge in [0, 0.05) is 19.7 Å². The number of nitrogens with one attached hydrogen (secondary N) is 2. The molecule has 1 fully saturated rings. The monoisotopic (exact) mass is 434 g/mol. The third-order valence-electron chi connectivity index (χ3n) is 4.43. The molecule has 6 heteroatoms. The van der Waals surface area contributed by atoms with Gasteiger partial charge in [0.25, 0.3) is 0 Å². The molecule has 23 heavy (non-hydrogen) atoms. The van der Waals surface area contributed by atoms with Crippen molar-refractivity contribution in [3.8, 4) is 0 Å². The number of guanidine groups is 1. The van der Waals surface area contributed by atoms with E-state index in [-0.39, 0.29) is 24.0 Å². The van der Waals surface area contributed by atoms with Crippen LogP contribution in [0.4, 0.5) is 0 Å². The molecule has 0 atom stereocenters. The Morgan fingerprint density at radius 2 is 2.09 bits per heavy atom. The minimum atomic E-state index is 0. The predicted octanol–water partition coefficient (Wildman–Crippen LogP) is 3.88. The molecule has 1 aromatic rings. The topological polar surface area (TPSA) is 62.5 Å². The number of aryl methyl sites for hydroxylation is 1. The van der Waals surface area contributed by atoms with Gasteiger partial charge in [-0.25, -0.2) is 0 Å². The van der Waals surface area contributed by atoms with Gasteiger partial charge in [0.15, 0.2) is 11.7 Å². The summed E-state index contributed by atoms with van der Waals surface area (Å²) in [5.41, 5.74) is 0.993. The molecule has 1 saturated carbocycles. The van der Waals surface area contributed by atoms with Gasteiger partial charge < -0.3 is 15.2 Å². The molecule has 1 aliphatic rings. The van der Waals surface area contributed by atoms with Crippen molar-refractivity contribution in [3.05, 3.63) is 17.5 Å². The molecule has 1 aromatic heterocycles. The zero-order valence-corrected chi connectivity index (χ0v) is 16.8. The number of hydrogen-bond acceptors (Lipinski definition) is 3. The molecule has 0 spiro atoms. The first kappa shape index (κ1) is 20.3. The quantitative estimate of drug-likeness (QED) is 0.296. The fourth-order valence-corrected chi connectivity index (χ4v) is 3.07. The summed E-state index contributed by atoms with van der Waals surface area (Å²) in [4.78, 5) is 4.25. The third kappa shape index (κ3) is 7.54. The Hall–Kier alpha value is -0.790. The summed E-state index contributed by atoms with van der Waals surface area (Å²) in [6.45, 7) is 3.67. The second kappa shape index (κ2) is 11.7. The first-order valence-corrected chi connectivity index (χ1v) is 8.70. The Balaban J connectivity index is 0.00000264. The average molecular weight is 434 g/mol. The van der Waals surface area contributed by atoms with E-state index in [1.54, 1.807) is 7.05 Å². The van der Waals surface area contributed by atoms with Crippen molar-refractivity contribution in [2.75, 3.05) is 13.6 Å². The third-order valence-corrected chi connectivity index (χ3v) is 4.43. The van der Waals surface area contributed by atoms with Gasteiger partial charge in [-0.05, 0) is 25.2 Å². The SMILES string of the molecule is CCc1cc(CNC(=NC)NCCCC2CCCCC2)on1.I. The van der Waals surface area contributed by atoms with E-state index in [1.165, 1.54) is 44.9 Å². The molecule has 0 bridgehead atoms. The molecule has 1 heterocycles. The summed E-state index contributed by atoms with van der Waals surface area (Å²) in [5.74, 6) is 2.63. The molecular weight excluding hydrogens is 403 g/mol. The van der Waals surface area contributed by atoms with E-state index in [1.807, 2.05) is 6.07 Å². The van der Waals surface area contributed by atoms with E-state index >= 15 is 0 Å². The second-order valence-corrected chi connectivity index (χ2v) is 6.14. The molecule has 2 N–H and O–H groups in total. The number of aromatic nitrogens is 1. The fraction of sp³-hybridized carbons (Fsp3) is 0.765. The second-order valence-electron chi connectivity index (χ2n) is 6.14. The zero-order chi connectivity index (χ0) is 15.6. The highest BCUT2D eigenvalue weighted by atomic mass is 127. The number of halogens is 1. The Morgan fingerprint density at radius 3 is 2.74 bits per heavy atom. The van der Waals surface area contributed by atoms with Crippen LogP contribution in [0.1, 0.15) is 63.3 Å². The smallest absolute Gasteiger partial charge is 0.191 e. The minimum absolute atomic E-state index is 0. The lowest BCUT2D eigenvalue weighted by Gasteiger charge is -2.21. The number of nitrogens with zero attached hydrogens (tertiary/aromatic N) is 2.